The molecular formula is C20H23NO4. The van der Waals surface area contributed by atoms with Crippen LogP contribution in [0.25, 0.3) is 0 Å². The van der Waals surface area contributed by atoms with Crippen LogP contribution in [-0.2, 0) is 22.5 Å². The maximum Gasteiger partial charge on any atom is 0.337 e. The smallest absolute Gasteiger partial charge is 0.337 e. The van der Waals surface area contributed by atoms with Gasteiger partial charge in [0.25, 0.3) is 0 Å². The molecule has 1 amide bonds. The van der Waals surface area contributed by atoms with Gasteiger partial charge in [0.1, 0.15) is 5.75 Å². The molecule has 0 radical (unpaired) electrons. The van der Waals surface area contributed by atoms with Crippen molar-refractivity contribution in [2.75, 3.05) is 13.7 Å². The van der Waals surface area contributed by atoms with Gasteiger partial charge in [-0.2, -0.15) is 0 Å². The number of carbonyl (C=O) groups excluding carboxylic acids is 2. The molecule has 2 aromatic rings. The molecule has 0 heterocycles. The Hall–Kier alpha value is -2.82. The number of carbonyl (C=O) groups is 2. The lowest BCUT2D eigenvalue weighted by Gasteiger charge is -2.08. The van der Waals surface area contributed by atoms with E-state index in [1.807, 2.05) is 24.3 Å². The Morgan fingerprint density at radius 3 is 2.20 bits per heavy atom. The summed E-state index contributed by atoms with van der Waals surface area (Å²) in [5.41, 5.74) is 2.65. The average molecular weight is 341 g/mol. The van der Waals surface area contributed by atoms with E-state index in [9.17, 15) is 9.59 Å². The van der Waals surface area contributed by atoms with Gasteiger partial charge in [-0.3, -0.25) is 4.79 Å². The lowest BCUT2D eigenvalue weighted by molar-refractivity contribution is -0.121. The Labute approximate surface area is 148 Å². The molecule has 5 nitrogen and oxygen atoms in total. The molecule has 0 bridgehead atoms. The molecule has 0 unspecified atom stereocenters. The summed E-state index contributed by atoms with van der Waals surface area (Å²) < 4.78 is 10.2. The van der Waals surface area contributed by atoms with Gasteiger partial charge >= 0.3 is 5.97 Å². The maximum absolute atomic E-state index is 11.9. The van der Waals surface area contributed by atoms with Gasteiger partial charge in [0.05, 0.1) is 25.7 Å². The summed E-state index contributed by atoms with van der Waals surface area (Å²) in [6.45, 7) is 2.84. The molecule has 0 fully saturated rings. The fraction of sp³-hybridized carbons (Fsp3) is 0.300. The van der Waals surface area contributed by atoms with Crippen molar-refractivity contribution in [1.82, 2.24) is 5.32 Å². The van der Waals surface area contributed by atoms with E-state index in [0.717, 1.165) is 17.7 Å². The molecule has 0 atom stereocenters. The van der Waals surface area contributed by atoms with Crippen LogP contribution in [0, 0.1) is 0 Å². The Balaban J connectivity index is 1.70. The summed E-state index contributed by atoms with van der Waals surface area (Å²) >= 11 is 0. The zero-order chi connectivity index (χ0) is 18.1. The third kappa shape index (κ3) is 5.95. The van der Waals surface area contributed by atoms with E-state index in [4.69, 9.17) is 4.74 Å². The van der Waals surface area contributed by atoms with Gasteiger partial charge in [0.2, 0.25) is 5.91 Å². The van der Waals surface area contributed by atoms with E-state index in [1.165, 1.54) is 12.7 Å². The molecule has 5 heteroatoms. The Bertz CT molecular complexity index is 693. The van der Waals surface area contributed by atoms with Crippen LogP contribution in [-0.4, -0.2) is 25.6 Å². The third-order valence-electron chi connectivity index (χ3n) is 3.79. The topological polar surface area (TPSA) is 64.6 Å². The molecule has 2 rings (SSSR count). The van der Waals surface area contributed by atoms with Crippen LogP contribution in [0.4, 0.5) is 0 Å². The molecule has 1 N–H and O–H groups in total. The fourth-order valence-electron chi connectivity index (χ4n) is 2.25. The van der Waals surface area contributed by atoms with Gasteiger partial charge in [-0.25, -0.2) is 4.79 Å². The summed E-state index contributed by atoms with van der Waals surface area (Å²) in [5.74, 6) is 0.310. The first-order chi connectivity index (χ1) is 12.1. The number of esters is 1. The Morgan fingerprint density at radius 2 is 1.60 bits per heavy atom. The summed E-state index contributed by atoms with van der Waals surface area (Å²) in [5, 5.41) is 2.83. The summed E-state index contributed by atoms with van der Waals surface area (Å²) in [6.07, 6.45) is 1.28. The van der Waals surface area contributed by atoms with Gasteiger partial charge in [-0.15, -0.1) is 0 Å². The van der Waals surface area contributed by atoms with Crippen molar-refractivity contribution in [1.29, 1.82) is 0 Å². The standard InChI is InChI=1S/C20H23NO4/c1-3-15-6-10-18(11-7-15)25-13-12-19(22)21-14-16-4-8-17(9-5-16)20(23)24-2/h4-11H,3,12-14H2,1-2H3,(H,21,22). The predicted molar refractivity (Wildman–Crippen MR) is 95.6 cm³/mol. The van der Waals surface area contributed by atoms with E-state index in [2.05, 4.69) is 17.0 Å². The van der Waals surface area contributed by atoms with E-state index in [-0.39, 0.29) is 18.3 Å². The first kappa shape index (κ1) is 18.5. The molecule has 0 aliphatic heterocycles. The van der Waals surface area contributed by atoms with E-state index >= 15 is 0 Å². The molecule has 25 heavy (non-hydrogen) atoms. The average Bonchev–Trinajstić information content (AvgIpc) is 2.66. The summed E-state index contributed by atoms with van der Waals surface area (Å²) in [6, 6.07) is 14.8. The number of benzene rings is 2. The van der Waals surface area contributed by atoms with Crippen LogP contribution in [0.2, 0.25) is 0 Å². The van der Waals surface area contributed by atoms with Crippen molar-refractivity contribution < 1.29 is 19.1 Å². The number of amides is 1. The van der Waals surface area contributed by atoms with Gasteiger partial charge in [-0.05, 0) is 41.8 Å². The van der Waals surface area contributed by atoms with E-state index in [0.29, 0.717) is 18.7 Å². The fourth-order valence-corrected chi connectivity index (χ4v) is 2.25. The lowest BCUT2D eigenvalue weighted by Crippen LogP contribution is -2.24. The van der Waals surface area contributed by atoms with Crippen molar-refractivity contribution in [3.63, 3.8) is 0 Å². The lowest BCUT2D eigenvalue weighted by atomic mass is 10.1. The van der Waals surface area contributed by atoms with Crippen LogP contribution >= 0.6 is 0 Å². The molecule has 0 saturated heterocycles. The van der Waals surface area contributed by atoms with Crippen molar-refractivity contribution >= 4 is 11.9 Å². The Morgan fingerprint density at radius 1 is 0.960 bits per heavy atom. The number of ether oxygens (including phenoxy) is 2. The minimum Gasteiger partial charge on any atom is -0.493 e. The predicted octanol–water partition coefficient (Wildman–Crippen LogP) is 3.12. The second-order valence-corrected chi connectivity index (χ2v) is 5.56. The van der Waals surface area contributed by atoms with Crippen LogP contribution in [0.1, 0.15) is 34.8 Å². The van der Waals surface area contributed by atoms with Crippen LogP contribution < -0.4 is 10.1 Å². The monoisotopic (exact) mass is 341 g/mol. The molecule has 0 aliphatic rings. The summed E-state index contributed by atoms with van der Waals surface area (Å²) in [4.78, 5) is 23.2. The largest absolute Gasteiger partial charge is 0.493 e. The number of rotatable bonds is 8. The highest BCUT2D eigenvalue weighted by atomic mass is 16.5. The molecule has 0 aliphatic carbocycles. The normalized spacial score (nSPS) is 10.2. The molecule has 0 aromatic heterocycles. The minimum atomic E-state index is -0.375. The highest BCUT2D eigenvalue weighted by Gasteiger charge is 2.06. The zero-order valence-electron chi connectivity index (χ0n) is 14.6. The van der Waals surface area contributed by atoms with Gasteiger partial charge in [0, 0.05) is 6.54 Å². The van der Waals surface area contributed by atoms with E-state index in [1.54, 1.807) is 24.3 Å². The first-order valence-electron chi connectivity index (χ1n) is 8.28. The number of methoxy groups -OCH3 is 1. The van der Waals surface area contributed by atoms with E-state index < -0.39 is 0 Å². The first-order valence-corrected chi connectivity index (χ1v) is 8.28. The van der Waals surface area contributed by atoms with Crippen LogP contribution in [0.15, 0.2) is 48.5 Å². The molecule has 0 saturated carbocycles. The molecule has 0 spiro atoms. The van der Waals surface area contributed by atoms with Gasteiger partial charge in [0.15, 0.2) is 0 Å². The number of nitrogens with one attached hydrogen (secondary N) is 1. The highest BCUT2D eigenvalue weighted by Crippen LogP contribution is 2.12. The molecule has 132 valence electrons. The second-order valence-electron chi connectivity index (χ2n) is 5.56. The van der Waals surface area contributed by atoms with Crippen molar-refractivity contribution in [2.45, 2.75) is 26.3 Å². The van der Waals surface area contributed by atoms with Gasteiger partial charge < -0.3 is 14.8 Å². The maximum atomic E-state index is 11.9. The number of hydrogen-bond acceptors (Lipinski definition) is 4. The number of hydrogen-bond donors (Lipinski definition) is 1. The van der Waals surface area contributed by atoms with Crippen molar-refractivity contribution in [3.05, 3.63) is 65.2 Å². The number of aryl methyl sites for hydroxylation is 1. The van der Waals surface area contributed by atoms with Gasteiger partial charge in [-0.1, -0.05) is 31.2 Å². The second kappa shape index (κ2) is 9.47. The highest BCUT2D eigenvalue weighted by molar-refractivity contribution is 5.89. The third-order valence-corrected chi connectivity index (χ3v) is 3.79. The van der Waals surface area contributed by atoms with Crippen LogP contribution in [0.5, 0.6) is 5.75 Å². The summed E-state index contributed by atoms with van der Waals surface area (Å²) in [7, 11) is 1.34. The van der Waals surface area contributed by atoms with Crippen molar-refractivity contribution in [2.24, 2.45) is 0 Å². The quantitative estimate of drug-likeness (QED) is 0.749. The Kier molecular flexibility index (Phi) is 7.01. The van der Waals surface area contributed by atoms with Crippen LogP contribution in [0.3, 0.4) is 0 Å². The molecule has 2 aromatic carbocycles. The minimum absolute atomic E-state index is 0.0813. The zero-order valence-corrected chi connectivity index (χ0v) is 14.6. The SMILES string of the molecule is CCc1ccc(OCCC(=O)NCc2ccc(C(=O)OC)cc2)cc1. The molecular weight excluding hydrogens is 318 g/mol. The van der Waals surface area contributed by atoms with Crippen molar-refractivity contribution in [3.8, 4) is 5.75 Å².